The third-order valence-corrected chi connectivity index (χ3v) is 6.16. The zero-order valence-corrected chi connectivity index (χ0v) is 21.6. The molecular weight excluding hydrogens is 490 g/mol. The van der Waals surface area contributed by atoms with Crippen molar-refractivity contribution in [2.45, 2.75) is 38.7 Å². The van der Waals surface area contributed by atoms with Crippen molar-refractivity contribution < 1.29 is 22.3 Å². The van der Waals surface area contributed by atoms with Crippen molar-refractivity contribution in [3.63, 3.8) is 0 Å². The van der Waals surface area contributed by atoms with Crippen molar-refractivity contribution in [2.75, 3.05) is 6.61 Å². The van der Waals surface area contributed by atoms with E-state index in [2.05, 4.69) is 4.98 Å². The van der Waals surface area contributed by atoms with Gasteiger partial charge in [-0.2, -0.15) is 0 Å². The molecule has 0 atom stereocenters. The number of hydrogen-bond donors (Lipinski definition) is 2. The molecule has 2 amide bonds. The lowest BCUT2D eigenvalue weighted by Crippen LogP contribution is -2.30. The number of hydroxylamine groups is 1. The maximum Gasteiger partial charge on any atom is 0.254 e. The van der Waals surface area contributed by atoms with Crippen LogP contribution in [0.15, 0.2) is 103 Å². The van der Waals surface area contributed by atoms with Gasteiger partial charge in [-0.25, -0.2) is 5.48 Å². The van der Waals surface area contributed by atoms with Crippen LogP contribution in [0.1, 0.15) is 49.9 Å². The van der Waals surface area contributed by atoms with Crippen LogP contribution in [0, 0.1) is 0 Å². The van der Waals surface area contributed by atoms with Gasteiger partial charge in [0.1, 0.15) is 5.75 Å². The van der Waals surface area contributed by atoms with E-state index < -0.39 is 18.3 Å². The minimum Gasteiger partial charge on any atom is -0.493 e. The summed E-state index contributed by atoms with van der Waals surface area (Å²) in [5, 5.41) is 8.61. The highest BCUT2D eigenvalue weighted by Gasteiger charge is 2.19. The number of carbonyl (C=O) groups excluding carboxylic acids is 2. The zero-order valence-electron chi connectivity index (χ0n) is 23.6. The number of carbonyl (C=O) groups is 2. The monoisotopic (exact) mass is 525 g/mol. The van der Waals surface area contributed by atoms with Crippen LogP contribution in [0.5, 0.6) is 5.75 Å². The van der Waals surface area contributed by atoms with Crippen molar-refractivity contribution in [1.82, 2.24) is 15.4 Å². The topological polar surface area (TPSA) is 91.8 Å². The van der Waals surface area contributed by atoms with Crippen molar-refractivity contribution >= 4 is 11.8 Å². The molecule has 0 aliphatic carbocycles. The highest BCUT2D eigenvalue weighted by Crippen LogP contribution is 2.24. The Morgan fingerprint density at radius 2 is 1.54 bits per heavy atom. The summed E-state index contributed by atoms with van der Waals surface area (Å²) >= 11 is 0. The maximum absolute atomic E-state index is 13.9. The Morgan fingerprint density at radius 1 is 0.846 bits per heavy atom. The van der Waals surface area contributed by atoms with Gasteiger partial charge in [-0.05, 0) is 66.3 Å². The molecule has 1 aromatic heterocycles. The van der Waals surface area contributed by atoms with Gasteiger partial charge < -0.3 is 9.64 Å². The first-order valence-corrected chi connectivity index (χ1v) is 12.9. The van der Waals surface area contributed by atoms with Crippen molar-refractivity contribution in [2.24, 2.45) is 0 Å². The summed E-state index contributed by atoms with van der Waals surface area (Å²) in [6.07, 6.45) is 5.72. The van der Waals surface area contributed by atoms with Gasteiger partial charge in [-0.15, -0.1) is 0 Å². The van der Waals surface area contributed by atoms with Gasteiger partial charge in [0.05, 0.1) is 9.35 Å². The van der Waals surface area contributed by atoms with Crippen LogP contribution >= 0.6 is 0 Å². The standard InChI is InChI=1S/C32H33N3O4/c36-31(34-38)13-5-2-8-22-39-30-12-7-6-11-29(30)24-35(23-25-9-3-1-4-10-25)32(37)28-16-14-26(15-17-28)27-18-20-33-21-19-27/h1,3-4,6-7,9-12,14-21,38H,2,5,8,13,22-24H2,(H,34,36)/i23D2. The molecule has 2 N–H and O–H groups in total. The number of pyridine rings is 1. The lowest BCUT2D eigenvalue weighted by atomic mass is 10.0. The first kappa shape index (κ1) is 24.8. The molecule has 3 aromatic carbocycles. The molecule has 1 heterocycles. The van der Waals surface area contributed by atoms with E-state index in [1.165, 1.54) is 4.90 Å². The number of rotatable bonds is 13. The highest BCUT2D eigenvalue weighted by molar-refractivity contribution is 5.94. The summed E-state index contributed by atoms with van der Waals surface area (Å²) in [5.41, 5.74) is 4.94. The number of amides is 2. The SMILES string of the molecule is [2H]C([2H])(c1ccccc1)N(Cc1ccccc1OCCCCCC(=O)NO)C(=O)c1ccc(-c2ccncc2)cc1. The van der Waals surface area contributed by atoms with Gasteiger partial charge >= 0.3 is 0 Å². The minimum absolute atomic E-state index is 0.0142. The number of ether oxygens (including phenoxy) is 1. The van der Waals surface area contributed by atoms with E-state index >= 15 is 0 Å². The second-order valence-corrected chi connectivity index (χ2v) is 8.98. The number of benzene rings is 3. The summed E-state index contributed by atoms with van der Waals surface area (Å²) in [4.78, 5) is 30.4. The summed E-state index contributed by atoms with van der Waals surface area (Å²) in [6, 6.07) is 26.9. The Balaban J connectivity index is 1.55. The molecule has 0 radical (unpaired) electrons. The quantitative estimate of drug-likeness (QED) is 0.126. The van der Waals surface area contributed by atoms with E-state index in [1.807, 2.05) is 48.5 Å². The molecule has 4 aromatic rings. The van der Waals surface area contributed by atoms with Gasteiger partial charge in [-0.1, -0.05) is 60.7 Å². The van der Waals surface area contributed by atoms with E-state index in [-0.39, 0.29) is 13.0 Å². The average molecular weight is 526 g/mol. The van der Waals surface area contributed by atoms with Gasteiger partial charge in [0.25, 0.3) is 5.91 Å². The first-order valence-electron chi connectivity index (χ1n) is 13.9. The fourth-order valence-electron chi connectivity index (χ4n) is 4.08. The molecule has 39 heavy (non-hydrogen) atoms. The van der Waals surface area contributed by atoms with Crippen LogP contribution in [0.2, 0.25) is 0 Å². The fourth-order valence-corrected chi connectivity index (χ4v) is 4.08. The largest absolute Gasteiger partial charge is 0.493 e. The average Bonchev–Trinajstić information content (AvgIpc) is 3.02. The minimum atomic E-state index is -2.11. The van der Waals surface area contributed by atoms with Gasteiger partial charge in [0.2, 0.25) is 5.91 Å². The molecule has 0 unspecified atom stereocenters. The molecule has 7 heteroatoms. The van der Waals surface area contributed by atoms with Crippen LogP contribution in [0.25, 0.3) is 11.1 Å². The third-order valence-electron chi connectivity index (χ3n) is 6.16. The highest BCUT2D eigenvalue weighted by atomic mass is 16.5. The normalized spacial score (nSPS) is 11.7. The molecule has 0 spiro atoms. The van der Waals surface area contributed by atoms with Crippen LogP contribution in [0.3, 0.4) is 0 Å². The van der Waals surface area contributed by atoms with Crippen LogP contribution < -0.4 is 10.2 Å². The van der Waals surface area contributed by atoms with Crippen molar-refractivity contribution in [1.29, 1.82) is 0 Å². The molecule has 200 valence electrons. The van der Waals surface area contributed by atoms with Crippen LogP contribution in [-0.4, -0.2) is 33.5 Å². The number of nitrogens with one attached hydrogen (secondary N) is 1. The van der Waals surface area contributed by atoms with Crippen LogP contribution in [0.4, 0.5) is 0 Å². The summed E-state index contributed by atoms with van der Waals surface area (Å²) in [5.74, 6) is -0.298. The van der Waals surface area contributed by atoms with E-state index in [4.69, 9.17) is 12.7 Å². The zero-order chi connectivity index (χ0) is 29.1. The van der Waals surface area contributed by atoms with E-state index in [0.717, 1.165) is 17.5 Å². The van der Waals surface area contributed by atoms with Gasteiger partial charge in [0.15, 0.2) is 0 Å². The summed E-state index contributed by atoms with van der Waals surface area (Å²) < 4.78 is 24.1. The molecule has 0 saturated heterocycles. The predicted molar refractivity (Wildman–Crippen MR) is 150 cm³/mol. The molecular formula is C32H33N3O4. The van der Waals surface area contributed by atoms with Crippen molar-refractivity contribution in [3.8, 4) is 16.9 Å². The van der Waals surface area contributed by atoms with E-state index in [0.29, 0.717) is 41.9 Å². The summed E-state index contributed by atoms with van der Waals surface area (Å²) in [6.45, 7) is -1.73. The second-order valence-electron chi connectivity index (χ2n) is 8.98. The maximum atomic E-state index is 13.9. The lowest BCUT2D eigenvalue weighted by Gasteiger charge is -2.24. The Hall–Kier alpha value is -4.49. The molecule has 0 bridgehead atoms. The molecule has 0 aliphatic heterocycles. The summed E-state index contributed by atoms with van der Waals surface area (Å²) in [7, 11) is 0. The van der Waals surface area contributed by atoms with Crippen molar-refractivity contribution in [3.05, 3.63) is 120 Å². The second kappa shape index (κ2) is 14.4. The number of hydrogen-bond acceptors (Lipinski definition) is 5. The Bertz CT molecular complexity index is 1420. The fraction of sp³-hybridized carbons (Fsp3) is 0.219. The van der Waals surface area contributed by atoms with E-state index in [1.54, 1.807) is 60.3 Å². The van der Waals surface area contributed by atoms with Crippen LogP contribution in [-0.2, 0) is 17.8 Å². The van der Waals surface area contributed by atoms with Gasteiger partial charge in [-0.3, -0.25) is 19.8 Å². The number of unbranched alkanes of at least 4 members (excludes halogenated alkanes) is 2. The Labute approximate surface area is 231 Å². The third kappa shape index (κ3) is 8.25. The Morgan fingerprint density at radius 3 is 2.28 bits per heavy atom. The predicted octanol–water partition coefficient (Wildman–Crippen LogP) is 6.04. The molecule has 0 aliphatic rings. The number of aromatic nitrogens is 1. The lowest BCUT2D eigenvalue weighted by molar-refractivity contribution is -0.129. The smallest absolute Gasteiger partial charge is 0.254 e. The van der Waals surface area contributed by atoms with Gasteiger partial charge in [0, 0.05) is 43.0 Å². The molecule has 0 saturated carbocycles. The Kier molecular flexibility index (Phi) is 9.20. The first-order chi connectivity index (χ1) is 19.9. The van der Waals surface area contributed by atoms with E-state index in [9.17, 15) is 9.59 Å². The molecule has 0 fully saturated rings. The molecule has 4 rings (SSSR count). The number of nitrogens with zero attached hydrogens (tertiary/aromatic N) is 2. The molecule has 7 nitrogen and oxygen atoms in total. The number of para-hydroxylation sites is 1.